The summed E-state index contributed by atoms with van der Waals surface area (Å²) in [5.41, 5.74) is 1.64. The number of aliphatic carboxylic acids is 1. The molecule has 0 unspecified atom stereocenters. The van der Waals surface area contributed by atoms with Gasteiger partial charge in [0.25, 0.3) is 11.7 Å². The molecule has 0 radical (unpaired) electrons. The van der Waals surface area contributed by atoms with E-state index >= 15 is 0 Å². The lowest BCUT2D eigenvalue weighted by Gasteiger charge is -2.13. The molecule has 1 amide bonds. The summed E-state index contributed by atoms with van der Waals surface area (Å²) >= 11 is 0. The number of carboxylic acids is 1. The summed E-state index contributed by atoms with van der Waals surface area (Å²) in [6.07, 6.45) is 0.758. The lowest BCUT2D eigenvalue weighted by atomic mass is 10.1. The van der Waals surface area contributed by atoms with Crippen LogP contribution in [0.2, 0.25) is 0 Å². The van der Waals surface area contributed by atoms with Crippen molar-refractivity contribution in [1.82, 2.24) is 0 Å². The molecular formula is C12H11NO4. The van der Waals surface area contributed by atoms with Gasteiger partial charge in [0.05, 0.1) is 11.3 Å². The van der Waals surface area contributed by atoms with Crippen LogP contribution in [-0.4, -0.2) is 29.3 Å². The number of aryl methyl sites for hydroxylation is 1. The number of ketones is 1. The van der Waals surface area contributed by atoms with Crippen LogP contribution in [-0.2, 0) is 16.0 Å². The largest absolute Gasteiger partial charge is 0.480 e. The summed E-state index contributed by atoms with van der Waals surface area (Å²) in [4.78, 5) is 34.9. The molecule has 0 aliphatic carbocycles. The maximum Gasteiger partial charge on any atom is 0.323 e. The Bertz CT molecular complexity index is 521. The van der Waals surface area contributed by atoms with E-state index in [1.807, 2.05) is 6.92 Å². The Morgan fingerprint density at radius 1 is 1.35 bits per heavy atom. The standard InChI is InChI=1S/C12H11NO4/c1-2-7-3-4-9-8(5-7)11(16)12(17)13(9)6-10(14)15/h3-5H,2,6H2,1H3,(H,14,15). The summed E-state index contributed by atoms with van der Waals surface area (Å²) in [5, 5.41) is 8.70. The van der Waals surface area contributed by atoms with E-state index in [0.717, 1.165) is 16.9 Å². The Balaban J connectivity index is 2.47. The molecular weight excluding hydrogens is 222 g/mol. The first-order chi connectivity index (χ1) is 8.04. The topological polar surface area (TPSA) is 74.7 Å². The van der Waals surface area contributed by atoms with Crippen molar-refractivity contribution >= 4 is 23.3 Å². The summed E-state index contributed by atoms with van der Waals surface area (Å²) in [5.74, 6) is -2.54. The van der Waals surface area contributed by atoms with Gasteiger partial charge >= 0.3 is 5.97 Å². The van der Waals surface area contributed by atoms with Gasteiger partial charge in [-0.2, -0.15) is 0 Å². The average molecular weight is 233 g/mol. The van der Waals surface area contributed by atoms with Gasteiger partial charge in [-0.15, -0.1) is 0 Å². The predicted molar refractivity (Wildman–Crippen MR) is 60.1 cm³/mol. The second-order valence-corrected chi connectivity index (χ2v) is 3.82. The number of carbonyl (C=O) groups is 3. The van der Waals surface area contributed by atoms with Gasteiger partial charge < -0.3 is 5.11 Å². The first-order valence-corrected chi connectivity index (χ1v) is 5.25. The van der Waals surface area contributed by atoms with Crippen molar-refractivity contribution in [1.29, 1.82) is 0 Å². The number of fused-ring (bicyclic) bond motifs is 1. The molecule has 0 bridgehead atoms. The number of hydrogen-bond donors (Lipinski definition) is 1. The minimum absolute atomic E-state index is 0.301. The molecule has 17 heavy (non-hydrogen) atoms. The van der Waals surface area contributed by atoms with Crippen molar-refractivity contribution < 1.29 is 19.5 Å². The van der Waals surface area contributed by atoms with Gasteiger partial charge in [0, 0.05) is 0 Å². The maximum atomic E-state index is 11.7. The number of benzene rings is 1. The van der Waals surface area contributed by atoms with Crippen LogP contribution in [0.3, 0.4) is 0 Å². The first-order valence-electron chi connectivity index (χ1n) is 5.25. The van der Waals surface area contributed by atoms with Gasteiger partial charge in [0.2, 0.25) is 0 Å². The fourth-order valence-electron chi connectivity index (χ4n) is 1.86. The number of carbonyl (C=O) groups excluding carboxylic acids is 2. The van der Waals surface area contributed by atoms with E-state index in [1.54, 1.807) is 18.2 Å². The Labute approximate surface area is 97.7 Å². The summed E-state index contributed by atoms with van der Waals surface area (Å²) in [6.45, 7) is 1.46. The number of Topliss-reactive ketones (excluding diaryl/α,β-unsaturated/α-hetero) is 1. The highest BCUT2D eigenvalue weighted by atomic mass is 16.4. The third-order valence-electron chi connectivity index (χ3n) is 2.74. The fourth-order valence-corrected chi connectivity index (χ4v) is 1.86. The monoisotopic (exact) mass is 233 g/mol. The molecule has 1 N–H and O–H groups in total. The molecule has 0 fully saturated rings. The number of amides is 1. The Morgan fingerprint density at radius 2 is 2.06 bits per heavy atom. The van der Waals surface area contributed by atoms with E-state index in [0.29, 0.717) is 11.3 Å². The smallest absolute Gasteiger partial charge is 0.323 e. The SMILES string of the molecule is CCc1ccc2c(c1)C(=O)C(=O)N2CC(=O)O. The van der Waals surface area contributed by atoms with Crippen LogP contribution in [0.5, 0.6) is 0 Å². The van der Waals surface area contributed by atoms with Crippen LogP contribution in [0.1, 0.15) is 22.8 Å². The minimum atomic E-state index is -1.14. The quantitative estimate of drug-likeness (QED) is 0.786. The second-order valence-electron chi connectivity index (χ2n) is 3.82. The summed E-state index contributed by atoms with van der Waals surface area (Å²) in [6, 6.07) is 5.07. The van der Waals surface area contributed by atoms with Crippen LogP contribution >= 0.6 is 0 Å². The minimum Gasteiger partial charge on any atom is -0.480 e. The van der Waals surface area contributed by atoms with Crippen molar-refractivity contribution in [3.05, 3.63) is 29.3 Å². The van der Waals surface area contributed by atoms with Crippen LogP contribution in [0.15, 0.2) is 18.2 Å². The molecule has 0 spiro atoms. The van der Waals surface area contributed by atoms with E-state index in [-0.39, 0.29) is 0 Å². The highest BCUT2D eigenvalue weighted by Crippen LogP contribution is 2.29. The highest BCUT2D eigenvalue weighted by molar-refractivity contribution is 6.52. The number of anilines is 1. The lowest BCUT2D eigenvalue weighted by molar-refractivity contribution is -0.136. The van der Waals surface area contributed by atoms with Crippen molar-refractivity contribution in [2.75, 3.05) is 11.4 Å². The van der Waals surface area contributed by atoms with Crippen LogP contribution in [0, 0.1) is 0 Å². The molecule has 0 saturated heterocycles. The molecule has 1 aromatic carbocycles. The average Bonchev–Trinajstić information content (AvgIpc) is 2.54. The van der Waals surface area contributed by atoms with E-state index in [4.69, 9.17) is 5.11 Å². The Morgan fingerprint density at radius 3 is 2.65 bits per heavy atom. The first kappa shape index (κ1) is 11.3. The van der Waals surface area contributed by atoms with Crippen LogP contribution in [0.25, 0.3) is 0 Å². The van der Waals surface area contributed by atoms with Gasteiger partial charge in [-0.3, -0.25) is 19.3 Å². The van der Waals surface area contributed by atoms with Gasteiger partial charge in [-0.1, -0.05) is 13.0 Å². The van der Waals surface area contributed by atoms with Gasteiger partial charge in [-0.05, 0) is 24.1 Å². The van der Waals surface area contributed by atoms with Crippen molar-refractivity contribution in [2.45, 2.75) is 13.3 Å². The number of rotatable bonds is 3. The molecule has 1 aromatic rings. The second kappa shape index (κ2) is 4.01. The van der Waals surface area contributed by atoms with E-state index in [2.05, 4.69) is 0 Å². The zero-order valence-electron chi connectivity index (χ0n) is 9.27. The molecule has 0 atom stereocenters. The molecule has 2 rings (SSSR count). The van der Waals surface area contributed by atoms with E-state index in [1.165, 1.54) is 0 Å². The van der Waals surface area contributed by atoms with Gasteiger partial charge in [0.15, 0.2) is 0 Å². The van der Waals surface area contributed by atoms with Crippen LogP contribution < -0.4 is 4.90 Å². The zero-order chi connectivity index (χ0) is 12.6. The Hall–Kier alpha value is -2.17. The normalized spacial score (nSPS) is 14.1. The van der Waals surface area contributed by atoms with Crippen molar-refractivity contribution in [2.24, 2.45) is 0 Å². The van der Waals surface area contributed by atoms with E-state index < -0.39 is 24.2 Å². The van der Waals surface area contributed by atoms with E-state index in [9.17, 15) is 14.4 Å². The third kappa shape index (κ3) is 1.80. The lowest BCUT2D eigenvalue weighted by Crippen LogP contribution is -2.34. The Kier molecular flexibility index (Phi) is 2.67. The third-order valence-corrected chi connectivity index (χ3v) is 2.74. The zero-order valence-corrected chi connectivity index (χ0v) is 9.27. The fraction of sp³-hybridized carbons (Fsp3) is 0.250. The van der Waals surface area contributed by atoms with Crippen molar-refractivity contribution in [3.63, 3.8) is 0 Å². The van der Waals surface area contributed by atoms with Gasteiger partial charge in [0.1, 0.15) is 6.54 Å². The highest BCUT2D eigenvalue weighted by Gasteiger charge is 2.36. The molecule has 5 heteroatoms. The summed E-state index contributed by atoms with van der Waals surface area (Å²) in [7, 11) is 0. The molecule has 0 saturated carbocycles. The summed E-state index contributed by atoms with van der Waals surface area (Å²) < 4.78 is 0. The molecule has 5 nitrogen and oxygen atoms in total. The van der Waals surface area contributed by atoms with Crippen LogP contribution in [0.4, 0.5) is 5.69 Å². The van der Waals surface area contributed by atoms with Crippen molar-refractivity contribution in [3.8, 4) is 0 Å². The molecule has 1 aliphatic heterocycles. The number of nitrogens with zero attached hydrogens (tertiary/aromatic N) is 1. The number of hydrogen-bond acceptors (Lipinski definition) is 3. The van der Waals surface area contributed by atoms with Gasteiger partial charge in [-0.25, -0.2) is 0 Å². The maximum absolute atomic E-state index is 11.7. The molecule has 88 valence electrons. The molecule has 0 aromatic heterocycles. The number of carboxylic acid groups (broad SMARTS) is 1. The molecule has 1 aliphatic rings. The predicted octanol–water partition coefficient (Wildman–Crippen LogP) is 0.863. The molecule has 1 heterocycles.